The van der Waals surface area contributed by atoms with Gasteiger partial charge in [-0.05, 0) is 48.5 Å². The van der Waals surface area contributed by atoms with E-state index in [1.807, 2.05) is 75.4 Å². The Hall–Kier alpha value is -4.81. The Morgan fingerprint density at radius 1 is 1.05 bits per heavy atom. The van der Waals surface area contributed by atoms with Crippen molar-refractivity contribution in [2.24, 2.45) is 0 Å². The van der Waals surface area contributed by atoms with Crippen molar-refractivity contribution in [2.45, 2.75) is 32.6 Å². The van der Waals surface area contributed by atoms with Crippen molar-refractivity contribution in [1.82, 2.24) is 29.8 Å². The van der Waals surface area contributed by atoms with Gasteiger partial charge in [-0.25, -0.2) is 14.6 Å². The van der Waals surface area contributed by atoms with E-state index in [0.717, 1.165) is 49.1 Å². The number of carbonyl (C=O) groups is 1. The Kier molecular flexibility index (Phi) is 7.78. The van der Waals surface area contributed by atoms with E-state index in [1.165, 1.54) is 6.33 Å². The lowest BCUT2D eigenvalue weighted by atomic mass is 9.93. The summed E-state index contributed by atoms with van der Waals surface area (Å²) in [5, 5.41) is 12.5. The molecule has 0 spiro atoms. The van der Waals surface area contributed by atoms with Gasteiger partial charge in [0.1, 0.15) is 36.1 Å². The van der Waals surface area contributed by atoms with Crippen LogP contribution < -0.4 is 15.8 Å². The fourth-order valence-electron chi connectivity index (χ4n) is 4.77. The number of nitrogens with zero attached hydrogens (tertiary/aromatic N) is 6. The fraction of sp³-hybridized carbons (Fsp3) is 0.323. The minimum Gasteiger partial charge on any atom is -0.478 e. The second kappa shape index (κ2) is 11.8. The molecule has 43 heavy (non-hydrogen) atoms. The Morgan fingerprint density at radius 3 is 2.49 bits per heavy atom. The predicted molar refractivity (Wildman–Crippen MR) is 162 cm³/mol. The van der Waals surface area contributed by atoms with E-state index >= 15 is 0 Å². The van der Waals surface area contributed by atoms with Crippen molar-refractivity contribution < 1.29 is 18.8 Å². The summed E-state index contributed by atoms with van der Waals surface area (Å²) in [5.41, 5.74) is 10.2. The fourth-order valence-corrected chi connectivity index (χ4v) is 4.77. The van der Waals surface area contributed by atoms with Gasteiger partial charge in [0, 0.05) is 35.8 Å². The number of fused-ring (bicyclic) bond motifs is 1. The maximum atomic E-state index is 12.7. The van der Waals surface area contributed by atoms with Crippen LogP contribution in [-0.4, -0.2) is 68.7 Å². The molecule has 1 aliphatic rings. The van der Waals surface area contributed by atoms with Crippen molar-refractivity contribution in [3.05, 3.63) is 72.4 Å². The van der Waals surface area contributed by atoms with E-state index < -0.39 is 0 Å². The Bertz CT molecular complexity index is 1720. The molecule has 4 heterocycles. The van der Waals surface area contributed by atoms with Crippen LogP contribution in [0.5, 0.6) is 5.75 Å². The number of nitrogens with one attached hydrogen (secondary N) is 1. The molecular weight excluding hydrogens is 548 g/mol. The smallest absolute Gasteiger partial charge is 0.230 e. The Morgan fingerprint density at radius 2 is 1.79 bits per heavy atom. The summed E-state index contributed by atoms with van der Waals surface area (Å²) in [4.78, 5) is 23.6. The number of aromatic nitrogens is 5. The molecule has 2 aromatic carbocycles. The molecule has 12 nitrogen and oxygen atoms in total. The summed E-state index contributed by atoms with van der Waals surface area (Å²) in [6, 6.07) is 16.9. The molecule has 0 bridgehead atoms. The number of ether oxygens (including phenoxy) is 2. The average molecular weight is 583 g/mol. The van der Waals surface area contributed by atoms with Gasteiger partial charge in [0.15, 0.2) is 5.65 Å². The highest BCUT2D eigenvalue weighted by Crippen LogP contribution is 2.33. The van der Waals surface area contributed by atoms with Gasteiger partial charge in [-0.1, -0.05) is 25.9 Å². The molecule has 1 aliphatic heterocycles. The molecule has 1 fully saturated rings. The standard InChI is InChI=1S/C31H34N8O4/c1-31(2,3)25-16-22(37-43-25)17-26(40)35-21-6-8-23(9-7-21)39-30-27(29(32)33-18-34-30)28(36-39)20-4-10-24(11-5-20)42-19-38-12-14-41-15-13-38/h4-11,16,18H,12-15,17,19H2,1-3H3,(H,35,40)(H2,32,33,34). The molecule has 12 heteroatoms. The normalized spacial score (nSPS) is 14.2. The lowest BCUT2D eigenvalue weighted by Crippen LogP contribution is -2.38. The minimum atomic E-state index is -0.189. The first-order chi connectivity index (χ1) is 20.7. The molecule has 1 saturated heterocycles. The van der Waals surface area contributed by atoms with Crippen LogP contribution in [0.4, 0.5) is 11.5 Å². The number of morpholine rings is 1. The molecule has 222 valence electrons. The number of rotatable bonds is 8. The largest absolute Gasteiger partial charge is 0.478 e. The van der Waals surface area contributed by atoms with Crippen LogP contribution in [0, 0.1) is 0 Å². The first kappa shape index (κ1) is 28.3. The lowest BCUT2D eigenvalue weighted by Gasteiger charge is -2.26. The summed E-state index contributed by atoms with van der Waals surface area (Å²) in [6.45, 7) is 9.77. The Labute approximate surface area is 248 Å². The summed E-state index contributed by atoms with van der Waals surface area (Å²) in [7, 11) is 0. The van der Waals surface area contributed by atoms with Crippen molar-refractivity contribution in [2.75, 3.05) is 44.1 Å². The van der Waals surface area contributed by atoms with Crippen LogP contribution in [0.25, 0.3) is 28.0 Å². The number of nitrogens with two attached hydrogens (primary N) is 1. The van der Waals surface area contributed by atoms with E-state index in [4.69, 9.17) is 24.8 Å². The second-order valence-corrected chi connectivity index (χ2v) is 11.5. The monoisotopic (exact) mass is 582 g/mol. The third kappa shape index (κ3) is 6.35. The molecule has 3 N–H and O–H groups in total. The van der Waals surface area contributed by atoms with Crippen LogP contribution in [0.3, 0.4) is 0 Å². The zero-order valence-corrected chi connectivity index (χ0v) is 24.4. The maximum Gasteiger partial charge on any atom is 0.230 e. The highest BCUT2D eigenvalue weighted by Gasteiger charge is 2.21. The summed E-state index contributed by atoms with van der Waals surface area (Å²) in [6.07, 6.45) is 1.54. The SMILES string of the molecule is CC(C)(C)c1cc(CC(=O)Nc2ccc(-n3nc(-c4ccc(OCN5CCOCC5)cc4)c4c(N)ncnc43)cc2)no1. The van der Waals surface area contributed by atoms with Crippen molar-refractivity contribution >= 4 is 28.4 Å². The topological polar surface area (TPSA) is 146 Å². The number of anilines is 2. The number of nitrogen functional groups attached to an aromatic ring is 1. The zero-order chi connectivity index (χ0) is 30.0. The van der Waals surface area contributed by atoms with Crippen LogP contribution in [0.2, 0.25) is 0 Å². The second-order valence-electron chi connectivity index (χ2n) is 11.5. The first-order valence-electron chi connectivity index (χ1n) is 14.1. The number of hydrogen-bond acceptors (Lipinski definition) is 10. The highest BCUT2D eigenvalue weighted by atomic mass is 16.5. The number of amides is 1. The van der Waals surface area contributed by atoms with Crippen LogP contribution >= 0.6 is 0 Å². The quantitative estimate of drug-likeness (QED) is 0.273. The molecule has 1 amide bonds. The summed E-state index contributed by atoms with van der Waals surface area (Å²) >= 11 is 0. The lowest BCUT2D eigenvalue weighted by molar-refractivity contribution is -0.115. The molecule has 0 saturated carbocycles. The van der Waals surface area contributed by atoms with E-state index in [0.29, 0.717) is 40.7 Å². The number of hydrogen-bond donors (Lipinski definition) is 2. The van der Waals surface area contributed by atoms with Gasteiger partial charge >= 0.3 is 0 Å². The third-order valence-corrected chi connectivity index (χ3v) is 7.17. The van der Waals surface area contributed by atoms with Gasteiger partial charge in [-0.2, -0.15) is 5.10 Å². The maximum absolute atomic E-state index is 12.7. The van der Waals surface area contributed by atoms with Crippen molar-refractivity contribution in [1.29, 1.82) is 0 Å². The van der Waals surface area contributed by atoms with Gasteiger partial charge in [0.25, 0.3) is 0 Å². The van der Waals surface area contributed by atoms with Crippen LogP contribution in [0.15, 0.2) is 65.4 Å². The zero-order valence-electron chi connectivity index (χ0n) is 24.4. The van der Waals surface area contributed by atoms with E-state index in [2.05, 4.69) is 25.3 Å². The average Bonchev–Trinajstić information content (AvgIpc) is 3.64. The highest BCUT2D eigenvalue weighted by molar-refractivity contribution is 5.99. The number of benzene rings is 2. The van der Waals surface area contributed by atoms with Crippen LogP contribution in [-0.2, 0) is 21.4 Å². The molecule has 0 aliphatic carbocycles. The van der Waals surface area contributed by atoms with Gasteiger partial charge in [-0.15, -0.1) is 0 Å². The van der Waals surface area contributed by atoms with Crippen molar-refractivity contribution in [3.8, 4) is 22.7 Å². The first-order valence-corrected chi connectivity index (χ1v) is 14.1. The summed E-state index contributed by atoms with van der Waals surface area (Å²) < 4.78 is 18.5. The third-order valence-electron chi connectivity index (χ3n) is 7.17. The molecular formula is C31H34N8O4. The van der Waals surface area contributed by atoms with E-state index in [1.54, 1.807) is 4.68 Å². The van der Waals surface area contributed by atoms with Gasteiger partial charge in [-0.3, -0.25) is 9.69 Å². The molecule has 0 unspecified atom stereocenters. The molecule has 0 radical (unpaired) electrons. The van der Waals surface area contributed by atoms with Crippen LogP contribution in [0.1, 0.15) is 32.2 Å². The van der Waals surface area contributed by atoms with E-state index in [-0.39, 0.29) is 17.7 Å². The van der Waals surface area contributed by atoms with Gasteiger partial charge in [0.05, 0.1) is 36.4 Å². The van der Waals surface area contributed by atoms with Gasteiger partial charge in [0.2, 0.25) is 5.91 Å². The molecule has 3 aromatic heterocycles. The van der Waals surface area contributed by atoms with Gasteiger partial charge < -0.3 is 25.0 Å². The number of carbonyl (C=O) groups excluding carboxylic acids is 1. The predicted octanol–water partition coefficient (Wildman–Crippen LogP) is 4.20. The molecule has 0 atom stereocenters. The van der Waals surface area contributed by atoms with Crippen molar-refractivity contribution in [3.63, 3.8) is 0 Å². The molecule has 5 aromatic rings. The minimum absolute atomic E-state index is 0.113. The molecule has 6 rings (SSSR count). The summed E-state index contributed by atoms with van der Waals surface area (Å²) in [5.74, 6) is 1.65. The Balaban J connectivity index is 1.18. The van der Waals surface area contributed by atoms with E-state index in [9.17, 15) is 4.79 Å².